The predicted molar refractivity (Wildman–Crippen MR) is 146 cm³/mol. The van der Waals surface area contributed by atoms with Crippen LogP contribution in [0.15, 0.2) is 97.3 Å². The molecule has 3 aromatic heterocycles. The lowest BCUT2D eigenvalue weighted by Gasteiger charge is -2.13. The second-order valence-electron chi connectivity index (χ2n) is 8.82. The summed E-state index contributed by atoms with van der Waals surface area (Å²) in [6.07, 6.45) is -1.15. The molecule has 0 aliphatic heterocycles. The average molecular weight is 540 g/mol. The van der Waals surface area contributed by atoms with Gasteiger partial charge in [0.25, 0.3) is 0 Å². The maximum absolute atomic E-state index is 13.0. The molecule has 0 saturated heterocycles. The summed E-state index contributed by atoms with van der Waals surface area (Å²) in [4.78, 5) is 8.73. The van der Waals surface area contributed by atoms with Crippen molar-refractivity contribution in [2.75, 3.05) is 12.4 Å². The molecular weight excluding hydrogens is 519 g/mol. The van der Waals surface area contributed by atoms with Gasteiger partial charge in [0.05, 0.1) is 24.4 Å². The predicted octanol–water partition coefficient (Wildman–Crippen LogP) is 7.80. The Bertz CT molecular complexity index is 1830. The molecule has 0 spiro atoms. The lowest BCUT2D eigenvalue weighted by molar-refractivity contribution is -0.137. The summed E-state index contributed by atoms with van der Waals surface area (Å²) in [7, 11) is 1.57. The van der Waals surface area contributed by atoms with Gasteiger partial charge in [-0.1, -0.05) is 36.4 Å². The van der Waals surface area contributed by atoms with E-state index in [0.717, 1.165) is 28.6 Å². The molecule has 0 aliphatic rings. The Balaban J connectivity index is 1.25. The fourth-order valence-electron chi connectivity index (χ4n) is 4.28. The van der Waals surface area contributed by atoms with Crippen LogP contribution in [0.2, 0.25) is 0 Å². The highest BCUT2D eigenvalue weighted by Crippen LogP contribution is 2.35. The van der Waals surface area contributed by atoms with Gasteiger partial charge in [0.2, 0.25) is 0 Å². The first-order chi connectivity index (χ1) is 19.4. The molecule has 6 aromatic rings. The monoisotopic (exact) mass is 539 g/mol. The molecular formula is C30H20F3N5O2. The lowest BCUT2D eigenvalue weighted by Crippen LogP contribution is -2.04. The van der Waals surface area contributed by atoms with Gasteiger partial charge in [-0.15, -0.1) is 10.2 Å². The van der Waals surface area contributed by atoms with Gasteiger partial charge in [-0.25, -0.2) is 4.98 Å². The number of halogens is 3. The lowest BCUT2D eigenvalue weighted by atomic mass is 10.0. The van der Waals surface area contributed by atoms with Crippen molar-refractivity contribution < 1.29 is 22.6 Å². The van der Waals surface area contributed by atoms with Gasteiger partial charge in [0.15, 0.2) is 11.6 Å². The SMILES string of the molecule is COc1cnc2c(Oc3ccc(Nc4nnc(-c5ccc(C(F)(F)F)cc5)c5ccccc45)cc3)ccnc2c1. The van der Waals surface area contributed by atoms with E-state index in [4.69, 9.17) is 9.47 Å². The van der Waals surface area contributed by atoms with Crippen LogP contribution in [-0.2, 0) is 6.18 Å². The van der Waals surface area contributed by atoms with E-state index < -0.39 is 11.7 Å². The molecule has 0 bridgehead atoms. The number of hydrogen-bond acceptors (Lipinski definition) is 7. The average Bonchev–Trinajstić information content (AvgIpc) is 2.98. The maximum atomic E-state index is 13.0. The zero-order valence-corrected chi connectivity index (χ0v) is 21.0. The number of anilines is 2. The van der Waals surface area contributed by atoms with E-state index in [1.807, 2.05) is 48.5 Å². The van der Waals surface area contributed by atoms with Crippen LogP contribution in [0.1, 0.15) is 5.56 Å². The number of pyridine rings is 2. The van der Waals surface area contributed by atoms with Crippen molar-refractivity contribution in [1.82, 2.24) is 20.2 Å². The summed E-state index contributed by atoms with van der Waals surface area (Å²) < 4.78 is 50.3. The van der Waals surface area contributed by atoms with Crippen LogP contribution in [0, 0.1) is 0 Å². The summed E-state index contributed by atoms with van der Waals surface area (Å²) in [6, 6.07) is 23.2. The van der Waals surface area contributed by atoms with E-state index in [1.54, 1.807) is 31.6 Å². The van der Waals surface area contributed by atoms with Crippen LogP contribution in [0.4, 0.5) is 24.7 Å². The number of alkyl halides is 3. The van der Waals surface area contributed by atoms with E-state index in [9.17, 15) is 13.2 Å². The number of nitrogens with zero attached hydrogens (tertiary/aromatic N) is 4. The summed E-state index contributed by atoms with van der Waals surface area (Å²) in [5.74, 6) is 2.28. The van der Waals surface area contributed by atoms with Crippen LogP contribution in [0.25, 0.3) is 33.1 Å². The third-order valence-corrected chi connectivity index (χ3v) is 6.27. The Labute approximate surface area is 226 Å². The third-order valence-electron chi connectivity index (χ3n) is 6.27. The number of rotatable bonds is 6. The van der Waals surface area contributed by atoms with Crippen LogP contribution >= 0.6 is 0 Å². The van der Waals surface area contributed by atoms with Crippen LogP contribution < -0.4 is 14.8 Å². The van der Waals surface area contributed by atoms with Crippen LogP contribution in [-0.4, -0.2) is 27.3 Å². The van der Waals surface area contributed by atoms with Crippen molar-refractivity contribution in [3.05, 3.63) is 103 Å². The molecule has 0 amide bonds. The topological polar surface area (TPSA) is 82.0 Å². The summed E-state index contributed by atoms with van der Waals surface area (Å²) in [6.45, 7) is 0. The van der Waals surface area contributed by atoms with Gasteiger partial charge >= 0.3 is 6.18 Å². The quantitative estimate of drug-likeness (QED) is 0.231. The zero-order valence-electron chi connectivity index (χ0n) is 21.0. The molecule has 1 N–H and O–H groups in total. The van der Waals surface area contributed by atoms with Gasteiger partial charge in [0.1, 0.15) is 22.7 Å². The standard InChI is InChI=1S/C30H20F3N5O2/c1-39-22-16-25-28(35-17-22)26(14-15-34-25)40-21-12-10-20(11-13-21)36-29-24-5-3-2-4-23(24)27(37-38-29)18-6-8-19(9-7-18)30(31,32)33/h2-17H,1H3,(H,36,38). The smallest absolute Gasteiger partial charge is 0.416 e. The molecule has 3 aromatic carbocycles. The molecule has 0 unspecified atom stereocenters. The van der Waals surface area contributed by atoms with E-state index in [0.29, 0.717) is 45.4 Å². The van der Waals surface area contributed by atoms with Gasteiger partial charge in [-0.05, 0) is 36.4 Å². The first-order valence-corrected chi connectivity index (χ1v) is 12.2. The zero-order chi connectivity index (χ0) is 27.7. The molecule has 3 heterocycles. The van der Waals surface area contributed by atoms with E-state index >= 15 is 0 Å². The van der Waals surface area contributed by atoms with Crippen molar-refractivity contribution in [2.24, 2.45) is 0 Å². The minimum atomic E-state index is -4.41. The highest BCUT2D eigenvalue weighted by molar-refractivity contribution is 6.00. The van der Waals surface area contributed by atoms with Crippen molar-refractivity contribution in [2.45, 2.75) is 6.18 Å². The van der Waals surface area contributed by atoms with E-state index in [2.05, 4.69) is 25.5 Å². The fourth-order valence-corrected chi connectivity index (χ4v) is 4.28. The Morgan fingerprint density at radius 1 is 0.775 bits per heavy atom. The second kappa shape index (κ2) is 10.1. The number of hydrogen-bond donors (Lipinski definition) is 1. The molecule has 0 atom stereocenters. The molecule has 0 fully saturated rings. The number of aromatic nitrogens is 4. The van der Waals surface area contributed by atoms with Gasteiger partial charge in [-0.2, -0.15) is 13.2 Å². The third kappa shape index (κ3) is 4.94. The normalized spacial score (nSPS) is 11.5. The minimum absolute atomic E-state index is 0.495. The Morgan fingerprint density at radius 3 is 2.25 bits per heavy atom. The molecule has 198 valence electrons. The molecule has 0 saturated carbocycles. The van der Waals surface area contributed by atoms with Crippen molar-refractivity contribution >= 4 is 33.3 Å². The molecule has 0 aliphatic carbocycles. The maximum Gasteiger partial charge on any atom is 0.416 e. The summed E-state index contributed by atoms with van der Waals surface area (Å²) in [5, 5.41) is 13.5. The van der Waals surface area contributed by atoms with Crippen molar-refractivity contribution in [1.29, 1.82) is 0 Å². The van der Waals surface area contributed by atoms with Gasteiger partial charge in [-0.3, -0.25) is 4.98 Å². The molecule has 10 heteroatoms. The Hall–Kier alpha value is -5.25. The first kappa shape index (κ1) is 25.1. The van der Waals surface area contributed by atoms with Crippen LogP contribution in [0.5, 0.6) is 17.2 Å². The Kier molecular flexibility index (Phi) is 6.35. The number of ether oxygens (including phenoxy) is 2. The molecule has 0 radical (unpaired) electrons. The highest BCUT2D eigenvalue weighted by Gasteiger charge is 2.30. The summed E-state index contributed by atoms with van der Waals surface area (Å²) >= 11 is 0. The number of benzene rings is 3. The van der Waals surface area contributed by atoms with E-state index in [1.165, 1.54) is 12.1 Å². The largest absolute Gasteiger partial charge is 0.495 e. The molecule has 6 rings (SSSR count). The fraction of sp³-hybridized carbons (Fsp3) is 0.0667. The molecule has 7 nitrogen and oxygen atoms in total. The van der Waals surface area contributed by atoms with Crippen LogP contribution in [0.3, 0.4) is 0 Å². The van der Waals surface area contributed by atoms with Gasteiger partial charge < -0.3 is 14.8 Å². The second-order valence-corrected chi connectivity index (χ2v) is 8.82. The van der Waals surface area contributed by atoms with Crippen molar-refractivity contribution in [3.8, 4) is 28.5 Å². The number of methoxy groups -OCH3 is 1. The first-order valence-electron chi connectivity index (χ1n) is 12.2. The number of nitrogens with one attached hydrogen (secondary N) is 1. The minimum Gasteiger partial charge on any atom is -0.495 e. The molecule has 40 heavy (non-hydrogen) atoms. The number of fused-ring (bicyclic) bond motifs is 2. The van der Waals surface area contributed by atoms with E-state index in [-0.39, 0.29) is 0 Å². The Morgan fingerprint density at radius 2 is 1.52 bits per heavy atom. The highest BCUT2D eigenvalue weighted by atomic mass is 19.4. The van der Waals surface area contributed by atoms with Gasteiger partial charge in [0, 0.05) is 40.4 Å². The van der Waals surface area contributed by atoms with Crippen molar-refractivity contribution in [3.63, 3.8) is 0 Å². The summed E-state index contributed by atoms with van der Waals surface area (Å²) in [5.41, 5.74) is 2.33.